The molecule has 1 nitrogen and oxygen atoms in total. The topological polar surface area (TPSA) is 20.2 Å². The first-order valence-corrected chi connectivity index (χ1v) is 4.17. The molecule has 0 spiro atoms. The molecule has 14 heavy (non-hydrogen) atoms. The molecule has 0 aliphatic heterocycles. The number of hydrogen-bond donors (Lipinski definition) is 1. The average Bonchev–Trinajstić information content (AvgIpc) is 2.18. The van der Waals surface area contributed by atoms with Gasteiger partial charge in [-0.1, -0.05) is 6.07 Å². The van der Waals surface area contributed by atoms with E-state index in [2.05, 4.69) is 11.8 Å². The molecule has 0 aromatic heterocycles. The number of halogens is 2. The Morgan fingerprint density at radius 3 is 2.64 bits per heavy atom. The highest BCUT2D eigenvalue weighted by Crippen LogP contribution is 2.18. The van der Waals surface area contributed by atoms with Crippen molar-refractivity contribution in [3.63, 3.8) is 0 Å². The summed E-state index contributed by atoms with van der Waals surface area (Å²) in [6, 6.07) is 3.32. The number of hydrogen-bond acceptors (Lipinski definition) is 1. The lowest BCUT2D eigenvalue weighted by Crippen LogP contribution is -1.97. The van der Waals surface area contributed by atoms with Gasteiger partial charge >= 0.3 is 0 Å². The second-order valence-electron chi connectivity index (χ2n) is 2.82. The van der Waals surface area contributed by atoms with Gasteiger partial charge in [0.2, 0.25) is 0 Å². The van der Waals surface area contributed by atoms with E-state index in [9.17, 15) is 13.9 Å². The van der Waals surface area contributed by atoms with Crippen molar-refractivity contribution in [3.05, 3.63) is 35.4 Å². The fourth-order valence-corrected chi connectivity index (χ4v) is 1.04. The van der Waals surface area contributed by atoms with Crippen LogP contribution in [0.25, 0.3) is 0 Å². The third-order valence-electron chi connectivity index (χ3n) is 1.80. The molecular weight excluding hydrogens is 186 g/mol. The number of aliphatic hydroxyl groups excluding tert-OH is 1. The maximum atomic E-state index is 12.7. The van der Waals surface area contributed by atoms with Crippen LogP contribution < -0.4 is 0 Å². The Hall–Kier alpha value is -1.40. The van der Waals surface area contributed by atoms with E-state index in [1.807, 2.05) is 0 Å². The van der Waals surface area contributed by atoms with Gasteiger partial charge in [0.1, 0.15) is 0 Å². The third kappa shape index (κ3) is 2.54. The van der Waals surface area contributed by atoms with Crippen LogP contribution in [0.5, 0.6) is 0 Å². The molecule has 1 aromatic rings. The number of aliphatic hydroxyl groups is 1. The molecule has 0 radical (unpaired) electrons. The minimum absolute atomic E-state index is 0.224. The van der Waals surface area contributed by atoms with Gasteiger partial charge in [-0.05, 0) is 24.6 Å². The van der Waals surface area contributed by atoms with Crippen molar-refractivity contribution in [3.8, 4) is 11.8 Å². The van der Waals surface area contributed by atoms with E-state index in [1.54, 1.807) is 6.92 Å². The van der Waals surface area contributed by atoms with Crippen LogP contribution in [-0.2, 0) is 0 Å². The van der Waals surface area contributed by atoms with Crippen LogP contribution in [0.15, 0.2) is 18.2 Å². The summed E-state index contributed by atoms with van der Waals surface area (Å²) in [4.78, 5) is 0. The van der Waals surface area contributed by atoms with Crippen LogP contribution in [0.4, 0.5) is 8.78 Å². The molecule has 0 heterocycles. The van der Waals surface area contributed by atoms with Gasteiger partial charge in [-0.25, -0.2) is 8.78 Å². The monoisotopic (exact) mass is 196 g/mol. The molecule has 3 heteroatoms. The molecule has 1 aromatic carbocycles. The summed E-state index contributed by atoms with van der Waals surface area (Å²) in [6.45, 7) is 1.65. The van der Waals surface area contributed by atoms with Gasteiger partial charge in [0.15, 0.2) is 11.6 Å². The Morgan fingerprint density at radius 2 is 2.07 bits per heavy atom. The van der Waals surface area contributed by atoms with Crippen LogP contribution in [0.1, 0.15) is 25.0 Å². The van der Waals surface area contributed by atoms with Crippen LogP contribution >= 0.6 is 0 Å². The average molecular weight is 196 g/mol. The normalized spacial score (nSPS) is 11.7. The summed E-state index contributed by atoms with van der Waals surface area (Å²) in [5.74, 6) is 3.41. The Balaban J connectivity index is 2.83. The lowest BCUT2D eigenvalue weighted by atomic mass is 10.1. The fourth-order valence-electron chi connectivity index (χ4n) is 1.04. The van der Waals surface area contributed by atoms with Crippen molar-refractivity contribution < 1.29 is 13.9 Å². The van der Waals surface area contributed by atoms with Crippen LogP contribution in [0.2, 0.25) is 0 Å². The summed E-state index contributed by atoms with van der Waals surface area (Å²) in [6.07, 6.45) is -0.640. The van der Waals surface area contributed by atoms with E-state index in [-0.39, 0.29) is 6.42 Å². The molecule has 0 bridgehead atoms. The molecule has 0 aliphatic carbocycles. The SMILES string of the molecule is CC#CCC(O)c1ccc(F)c(F)c1. The van der Waals surface area contributed by atoms with Crippen molar-refractivity contribution in [1.82, 2.24) is 0 Å². The minimum Gasteiger partial charge on any atom is -0.387 e. The highest BCUT2D eigenvalue weighted by molar-refractivity contribution is 5.21. The molecule has 0 fully saturated rings. The van der Waals surface area contributed by atoms with Crippen molar-refractivity contribution >= 4 is 0 Å². The quantitative estimate of drug-likeness (QED) is 0.720. The summed E-state index contributed by atoms with van der Waals surface area (Å²) in [5, 5.41) is 9.48. The van der Waals surface area contributed by atoms with Gasteiger partial charge in [0.05, 0.1) is 6.10 Å². The van der Waals surface area contributed by atoms with E-state index in [0.717, 1.165) is 12.1 Å². The Kier molecular flexibility index (Phi) is 3.61. The molecular formula is C11H10F2O. The van der Waals surface area contributed by atoms with E-state index >= 15 is 0 Å². The van der Waals surface area contributed by atoms with Crippen LogP contribution in [0, 0.1) is 23.5 Å². The van der Waals surface area contributed by atoms with E-state index in [0.29, 0.717) is 5.56 Å². The Labute approximate surface area is 81.4 Å². The molecule has 1 unspecified atom stereocenters. The highest BCUT2D eigenvalue weighted by atomic mass is 19.2. The number of benzene rings is 1. The Bertz CT molecular complexity index is 377. The summed E-state index contributed by atoms with van der Waals surface area (Å²) >= 11 is 0. The second-order valence-corrected chi connectivity index (χ2v) is 2.82. The molecule has 1 atom stereocenters. The zero-order valence-electron chi connectivity index (χ0n) is 7.72. The summed E-state index contributed by atoms with van der Waals surface area (Å²) in [5.41, 5.74) is 0.339. The minimum atomic E-state index is -0.953. The van der Waals surface area contributed by atoms with Crippen molar-refractivity contribution in [2.75, 3.05) is 0 Å². The van der Waals surface area contributed by atoms with Gasteiger partial charge in [-0.2, -0.15) is 0 Å². The van der Waals surface area contributed by atoms with Crippen LogP contribution in [-0.4, -0.2) is 5.11 Å². The third-order valence-corrected chi connectivity index (χ3v) is 1.80. The molecule has 1 N–H and O–H groups in total. The molecule has 74 valence electrons. The van der Waals surface area contributed by atoms with Crippen LogP contribution in [0.3, 0.4) is 0 Å². The Morgan fingerprint density at radius 1 is 1.36 bits per heavy atom. The van der Waals surface area contributed by atoms with E-state index in [4.69, 9.17) is 0 Å². The maximum Gasteiger partial charge on any atom is 0.159 e. The van der Waals surface area contributed by atoms with Gasteiger partial charge in [0.25, 0.3) is 0 Å². The molecule has 1 rings (SSSR count). The first-order chi connectivity index (χ1) is 6.65. The van der Waals surface area contributed by atoms with Gasteiger partial charge in [-0.3, -0.25) is 0 Å². The molecule has 0 saturated heterocycles. The predicted octanol–water partition coefficient (Wildman–Crippen LogP) is 2.41. The molecule has 0 saturated carbocycles. The fraction of sp³-hybridized carbons (Fsp3) is 0.273. The maximum absolute atomic E-state index is 12.7. The van der Waals surface area contributed by atoms with Crippen molar-refractivity contribution in [1.29, 1.82) is 0 Å². The standard InChI is InChI=1S/C11H10F2O/c1-2-3-4-11(14)8-5-6-9(12)10(13)7-8/h5-7,11,14H,4H2,1H3. The molecule has 0 aliphatic rings. The van der Waals surface area contributed by atoms with Gasteiger partial charge < -0.3 is 5.11 Å². The van der Waals surface area contributed by atoms with E-state index in [1.165, 1.54) is 6.07 Å². The lowest BCUT2D eigenvalue weighted by Gasteiger charge is -2.07. The van der Waals surface area contributed by atoms with Gasteiger partial charge in [-0.15, -0.1) is 11.8 Å². The lowest BCUT2D eigenvalue weighted by molar-refractivity contribution is 0.183. The molecule has 0 amide bonds. The van der Waals surface area contributed by atoms with E-state index < -0.39 is 17.7 Å². The van der Waals surface area contributed by atoms with Crippen molar-refractivity contribution in [2.24, 2.45) is 0 Å². The van der Waals surface area contributed by atoms with Crippen molar-refractivity contribution in [2.45, 2.75) is 19.4 Å². The zero-order valence-corrected chi connectivity index (χ0v) is 7.72. The summed E-state index contributed by atoms with van der Waals surface area (Å²) in [7, 11) is 0. The largest absolute Gasteiger partial charge is 0.387 e. The predicted molar refractivity (Wildman–Crippen MR) is 49.4 cm³/mol. The van der Waals surface area contributed by atoms with Gasteiger partial charge in [0, 0.05) is 6.42 Å². The summed E-state index contributed by atoms with van der Waals surface area (Å²) < 4.78 is 25.3. The number of rotatable bonds is 2. The first kappa shape index (κ1) is 10.7. The first-order valence-electron chi connectivity index (χ1n) is 4.17. The smallest absolute Gasteiger partial charge is 0.159 e. The highest BCUT2D eigenvalue weighted by Gasteiger charge is 2.09. The second kappa shape index (κ2) is 4.73. The zero-order chi connectivity index (χ0) is 10.6.